The van der Waals surface area contributed by atoms with Crippen molar-refractivity contribution in [3.63, 3.8) is 0 Å². The number of carboxylic acids is 1. The van der Waals surface area contributed by atoms with Crippen molar-refractivity contribution in [3.8, 4) is 0 Å². The Bertz CT molecular complexity index is 768. The van der Waals surface area contributed by atoms with Crippen LogP contribution in [0.3, 0.4) is 0 Å². The predicted octanol–water partition coefficient (Wildman–Crippen LogP) is 2.22. The van der Waals surface area contributed by atoms with Gasteiger partial charge in [-0.2, -0.15) is 0 Å². The van der Waals surface area contributed by atoms with Crippen LogP contribution in [-0.2, 0) is 16.9 Å². The maximum atomic E-state index is 12.4. The van der Waals surface area contributed by atoms with Crippen LogP contribution in [0.2, 0.25) is 5.02 Å². The second-order valence-corrected chi connectivity index (χ2v) is 6.39. The number of hydrogen-bond acceptors (Lipinski definition) is 4. The Labute approximate surface area is 143 Å². The molecular formula is C16H17ClN4O3. The number of carbonyl (C=O) groups is 2. The van der Waals surface area contributed by atoms with Crippen LogP contribution in [0.1, 0.15) is 41.7 Å². The van der Waals surface area contributed by atoms with Gasteiger partial charge in [-0.05, 0) is 30.5 Å². The SMILES string of the molecule is O=C(Cn1cc(C(=O)O)nn1)NC1(c2cccc(Cl)c2)CCCC1. The third-order valence-corrected chi connectivity index (χ3v) is 4.51. The maximum Gasteiger partial charge on any atom is 0.358 e. The zero-order valence-electron chi connectivity index (χ0n) is 12.9. The molecule has 1 aliphatic carbocycles. The zero-order chi connectivity index (χ0) is 17.2. The number of rotatable bonds is 5. The summed E-state index contributed by atoms with van der Waals surface area (Å²) in [5, 5.41) is 19.7. The molecule has 0 radical (unpaired) electrons. The lowest BCUT2D eigenvalue weighted by atomic mass is 9.88. The van der Waals surface area contributed by atoms with Gasteiger partial charge < -0.3 is 10.4 Å². The van der Waals surface area contributed by atoms with Gasteiger partial charge in [-0.25, -0.2) is 9.48 Å². The summed E-state index contributed by atoms with van der Waals surface area (Å²) in [6.45, 7) is -0.0808. The van der Waals surface area contributed by atoms with E-state index in [9.17, 15) is 9.59 Å². The molecule has 24 heavy (non-hydrogen) atoms. The van der Waals surface area contributed by atoms with Gasteiger partial charge in [0, 0.05) is 5.02 Å². The minimum Gasteiger partial charge on any atom is -0.476 e. The van der Waals surface area contributed by atoms with Crippen molar-refractivity contribution in [2.24, 2.45) is 0 Å². The minimum atomic E-state index is -1.17. The zero-order valence-corrected chi connectivity index (χ0v) is 13.7. The molecule has 1 amide bonds. The molecule has 0 aliphatic heterocycles. The lowest BCUT2D eigenvalue weighted by Crippen LogP contribution is -2.45. The highest BCUT2D eigenvalue weighted by atomic mass is 35.5. The number of benzene rings is 1. The van der Waals surface area contributed by atoms with Gasteiger partial charge >= 0.3 is 5.97 Å². The monoisotopic (exact) mass is 348 g/mol. The predicted molar refractivity (Wildman–Crippen MR) is 86.7 cm³/mol. The first-order valence-electron chi connectivity index (χ1n) is 7.69. The van der Waals surface area contributed by atoms with Crippen molar-refractivity contribution in [1.29, 1.82) is 0 Å². The fraction of sp³-hybridized carbons (Fsp3) is 0.375. The first kappa shape index (κ1) is 16.4. The Morgan fingerprint density at radius 1 is 1.33 bits per heavy atom. The first-order valence-corrected chi connectivity index (χ1v) is 8.07. The van der Waals surface area contributed by atoms with Crippen LogP contribution in [0.15, 0.2) is 30.5 Å². The van der Waals surface area contributed by atoms with E-state index >= 15 is 0 Å². The highest BCUT2D eigenvalue weighted by Crippen LogP contribution is 2.39. The summed E-state index contributed by atoms with van der Waals surface area (Å²) < 4.78 is 1.22. The molecule has 0 atom stereocenters. The molecule has 2 aromatic rings. The van der Waals surface area contributed by atoms with Gasteiger partial charge in [0.1, 0.15) is 6.54 Å². The van der Waals surface area contributed by atoms with Crippen molar-refractivity contribution in [2.75, 3.05) is 0 Å². The first-order chi connectivity index (χ1) is 11.5. The van der Waals surface area contributed by atoms with Crippen molar-refractivity contribution in [1.82, 2.24) is 20.3 Å². The van der Waals surface area contributed by atoms with Crippen LogP contribution in [0.25, 0.3) is 0 Å². The number of halogens is 1. The lowest BCUT2D eigenvalue weighted by molar-refractivity contribution is -0.124. The van der Waals surface area contributed by atoms with E-state index in [1.807, 2.05) is 18.2 Å². The normalized spacial score (nSPS) is 16.0. The van der Waals surface area contributed by atoms with Gasteiger partial charge in [0.2, 0.25) is 5.91 Å². The fourth-order valence-electron chi connectivity index (χ4n) is 3.18. The number of nitrogens with one attached hydrogen (secondary N) is 1. The van der Waals surface area contributed by atoms with Gasteiger partial charge in [0.15, 0.2) is 5.69 Å². The molecule has 0 spiro atoms. The molecule has 2 N–H and O–H groups in total. The van der Waals surface area contributed by atoms with Gasteiger partial charge in [0.05, 0.1) is 11.7 Å². The molecule has 0 unspecified atom stereocenters. The second kappa shape index (κ2) is 6.60. The second-order valence-electron chi connectivity index (χ2n) is 5.95. The number of aromatic carboxylic acids is 1. The van der Waals surface area contributed by atoms with Crippen LogP contribution in [0, 0.1) is 0 Å². The summed E-state index contributed by atoms with van der Waals surface area (Å²) in [4.78, 5) is 23.2. The summed E-state index contributed by atoms with van der Waals surface area (Å²) in [6.07, 6.45) is 4.98. The van der Waals surface area contributed by atoms with E-state index in [1.165, 1.54) is 10.9 Å². The largest absolute Gasteiger partial charge is 0.476 e. The molecule has 1 fully saturated rings. The van der Waals surface area contributed by atoms with E-state index in [0.717, 1.165) is 31.2 Å². The molecular weight excluding hydrogens is 332 g/mol. The van der Waals surface area contributed by atoms with Gasteiger partial charge in [-0.3, -0.25) is 4.79 Å². The van der Waals surface area contributed by atoms with Crippen molar-refractivity contribution >= 4 is 23.5 Å². The smallest absolute Gasteiger partial charge is 0.358 e. The van der Waals surface area contributed by atoms with Crippen LogP contribution < -0.4 is 5.32 Å². The third kappa shape index (κ3) is 3.41. The van der Waals surface area contributed by atoms with E-state index in [-0.39, 0.29) is 18.1 Å². The summed E-state index contributed by atoms with van der Waals surface area (Å²) in [5.74, 6) is -1.41. The number of carbonyl (C=O) groups excluding carboxylic acids is 1. The van der Waals surface area contributed by atoms with Crippen LogP contribution in [0.5, 0.6) is 0 Å². The Hall–Kier alpha value is -2.41. The topological polar surface area (TPSA) is 97.1 Å². The number of nitrogens with zero attached hydrogens (tertiary/aromatic N) is 3. The Morgan fingerprint density at radius 3 is 2.71 bits per heavy atom. The van der Waals surface area contributed by atoms with Crippen LogP contribution in [-0.4, -0.2) is 32.0 Å². The highest BCUT2D eigenvalue weighted by Gasteiger charge is 2.37. The highest BCUT2D eigenvalue weighted by molar-refractivity contribution is 6.30. The van der Waals surface area contributed by atoms with E-state index in [4.69, 9.17) is 16.7 Å². The molecule has 1 aliphatic rings. The number of amides is 1. The van der Waals surface area contributed by atoms with Crippen LogP contribution in [0.4, 0.5) is 0 Å². The Morgan fingerprint density at radius 2 is 2.08 bits per heavy atom. The van der Waals surface area contributed by atoms with E-state index in [1.54, 1.807) is 6.07 Å². The van der Waals surface area contributed by atoms with Gasteiger partial charge in [0.25, 0.3) is 0 Å². The van der Waals surface area contributed by atoms with Gasteiger partial charge in [-0.1, -0.05) is 41.8 Å². The number of aromatic nitrogens is 3. The molecule has 8 heteroatoms. The number of hydrogen-bond donors (Lipinski definition) is 2. The number of carboxylic acid groups (broad SMARTS) is 1. The Balaban J connectivity index is 1.75. The molecule has 126 valence electrons. The summed E-state index contributed by atoms with van der Waals surface area (Å²) >= 11 is 6.09. The average molecular weight is 349 g/mol. The molecule has 3 rings (SSSR count). The maximum absolute atomic E-state index is 12.4. The van der Waals surface area contributed by atoms with Crippen molar-refractivity contribution in [3.05, 3.63) is 46.7 Å². The molecule has 7 nitrogen and oxygen atoms in total. The summed E-state index contributed by atoms with van der Waals surface area (Å²) in [5.41, 5.74) is 0.372. The summed E-state index contributed by atoms with van der Waals surface area (Å²) in [7, 11) is 0. The molecule has 1 aromatic carbocycles. The lowest BCUT2D eigenvalue weighted by Gasteiger charge is -2.31. The van der Waals surface area contributed by atoms with Crippen LogP contribution >= 0.6 is 11.6 Å². The van der Waals surface area contributed by atoms with Crippen molar-refractivity contribution in [2.45, 2.75) is 37.8 Å². The van der Waals surface area contributed by atoms with E-state index in [0.29, 0.717) is 5.02 Å². The van der Waals surface area contributed by atoms with E-state index < -0.39 is 11.5 Å². The standard InChI is InChI=1S/C16H17ClN4O3/c17-12-5-3-4-11(8-12)16(6-1-2-7-16)18-14(22)10-21-9-13(15(23)24)19-20-21/h3-5,8-9H,1-2,6-7,10H2,(H,18,22)(H,23,24). The molecule has 1 saturated carbocycles. The van der Waals surface area contributed by atoms with E-state index in [2.05, 4.69) is 15.6 Å². The molecule has 1 aromatic heterocycles. The quantitative estimate of drug-likeness (QED) is 0.863. The fourth-order valence-corrected chi connectivity index (χ4v) is 3.37. The van der Waals surface area contributed by atoms with Gasteiger partial charge in [-0.15, -0.1) is 5.10 Å². The molecule has 0 saturated heterocycles. The molecule has 1 heterocycles. The molecule has 0 bridgehead atoms. The Kier molecular flexibility index (Phi) is 4.53. The third-order valence-electron chi connectivity index (χ3n) is 4.28. The minimum absolute atomic E-state index is 0.0808. The van der Waals surface area contributed by atoms with Crippen molar-refractivity contribution < 1.29 is 14.7 Å². The average Bonchev–Trinajstić information content (AvgIpc) is 3.17. The summed E-state index contributed by atoms with van der Waals surface area (Å²) in [6, 6.07) is 7.53.